The van der Waals surface area contributed by atoms with Crippen LogP contribution in [-0.4, -0.2) is 34.2 Å². The minimum atomic E-state index is -0.163. The third-order valence-electron chi connectivity index (χ3n) is 3.43. The Kier molecular flexibility index (Phi) is 3.78. The van der Waals surface area contributed by atoms with Gasteiger partial charge in [-0.3, -0.25) is 4.79 Å². The van der Waals surface area contributed by atoms with Crippen molar-refractivity contribution >= 4 is 28.9 Å². The maximum atomic E-state index is 11.9. The molecule has 4 nitrogen and oxygen atoms in total. The van der Waals surface area contributed by atoms with Crippen LogP contribution in [0.4, 0.5) is 0 Å². The van der Waals surface area contributed by atoms with Crippen molar-refractivity contribution in [3.63, 3.8) is 0 Å². The van der Waals surface area contributed by atoms with Gasteiger partial charge in [0.15, 0.2) is 5.17 Å². The number of aromatic hydroxyl groups is 1. The summed E-state index contributed by atoms with van der Waals surface area (Å²) in [6.07, 6.45) is 5.43. The topological polar surface area (TPSA) is 52.9 Å². The minimum Gasteiger partial charge on any atom is -0.508 e. The van der Waals surface area contributed by atoms with Gasteiger partial charge in [0.1, 0.15) is 5.75 Å². The first kappa shape index (κ1) is 13.2. The maximum Gasteiger partial charge on any atom is 0.286 e. The van der Waals surface area contributed by atoms with E-state index in [0.29, 0.717) is 4.91 Å². The number of carbonyl (C=O) groups excluding carboxylic acids is 1. The number of hydrogen-bond donors (Lipinski definition) is 1. The van der Waals surface area contributed by atoms with Gasteiger partial charge in [-0.1, -0.05) is 12.1 Å². The molecule has 1 aromatic rings. The van der Waals surface area contributed by atoms with Crippen LogP contribution in [0.5, 0.6) is 5.75 Å². The highest BCUT2D eigenvalue weighted by molar-refractivity contribution is 8.18. The lowest BCUT2D eigenvalue weighted by molar-refractivity contribution is -0.113. The number of thioether (sulfide) groups is 1. The summed E-state index contributed by atoms with van der Waals surface area (Å²) < 4.78 is 0. The summed E-state index contributed by atoms with van der Waals surface area (Å²) in [7, 11) is 0. The molecule has 1 saturated heterocycles. The van der Waals surface area contributed by atoms with Crippen molar-refractivity contribution in [2.75, 3.05) is 13.1 Å². The number of amidine groups is 1. The van der Waals surface area contributed by atoms with Gasteiger partial charge in [-0.2, -0.15) is 4.99 Å². The Labute approximate surface area is 122 Å². The quantitative estimate of drug-likeness (QED) is 0.807. The number of amides is 1. The number of benzene rings is 1. The molecule has 1 amide bonds. The Morgan fingerprint density at radius 2 is 1.85 bits per heavy atom. The lowest BCUT2D eigenvalue weighted by Gasteiger charge is -2.27. The van der Waals surface area contributed by atoms with Gasteiger partial charge < -0.3 is 10.0 Å². The summed E-state index contributed by atoms with van der Waals surface area (Å²) in [5.74, 6) is 0.0615. The number of phenolic OH excluding ortho intramolecular Hbond substituents is 1. The van der Waals surface area contributed by atoms with E-state index in [0.717, 1.165) is 23.8 Å². The van der Waals surface area contributed by atoms with Gasteiger partial charge in [0.05, 0.1) is 4.91 Å². The molecule has 20 heavy (non-hydrogen) atoms. The van der Waals surface area contributed by atoms with Crippen molar-refractivity contribution in [3.8, 4) is 5.75 Å². The van der Waals surface area contributed by atoms with E-state index in [-0.39, 0.29) is 11.7 Å². The summed E-state index contributed by atoms with van der Waals surface area (Å²) in [4.78, 5) is 18.9. The largest absolute Gasteiger partial charge is 0.508 e. The van der Waals surface area contributed by atoms with Gasteiger partial charge in [-0.05, 0) is 54.8 Å². The van der Waals surface area contributed by atoms with Gasteiger partial charge in [0.2, 0.25) is 0 Å². The van der Waals surface area contributed by atoms with Crippen LogP contribution in [0.15, 0.2) is 34.2 Å². The second kappa shape index (κ2) is 5.71. The zero-order valence-electron chi connectivity index (χ0n) is 11.1. The molecule has 1 N–H and O–H groups in total. The van der Waals surface area contributed by atoms with E-state index in [2.05, 4.69) is 9.89 Å². The number of hydrogen-bond acceptors (Lipinski definition) is 4. The fraction of sp³-hybridized carbons (Fsp3) is 0.333. The second-order valence-corrected chi connectivity index (χ2v) is 5.96. The van der Waals surface area contributed by atoms with Crippen LogP contribution in [0, 0.1) is 0 Å². The minimum absolute atomic E-state index is 0.163. The number of rotatable bonds is 1. The van der Waals surface area contributed by atoms with Crippen molar-refractivity contribution < 1.29 is 9.90 Å². The van der Waals surface area contributed by atoms with Crippen LogP contribution in [0.2, 0.25) is 0 Å². The first-order valence-electron chi connectivity index (χ1n) is 6.79. The smallest absolute Gasteiger partial charge is 0.286 e. The van der Waals surface area contributed by atoms with Crippen LogP contribution in [0.25, 0.3) is 6.08 Å². The van der Waals surface area contributed by atoms with Crippen LogP contribution in [-0.2, 0) is 4.79 Å². The summed E-state index contributed by atoms with van der Waals surface area (Å²) >= 11 is 1.45. The number of carbonyl (C=O) groups is 1. The fourth-order valence-electron chi connectivity index (χ4n) is 2.34. The predicted molar refractivity (Wildman–Crippen MR) is 81.5 cm³/mol. The Morgan fingerprint density at radius 1 is 1.15 bits per heavy atom. The molecule has 1 fully saturated rings. The van der Waals surface area contributed by atoms with Crippen LogP contribution in [0.3, 0.4) is 0 Å². The van der Waals surface area contributed by atoms with Crippen LogP contribution in [0.1, 0.15) is 24.8 Å². The molecule has 0 atom stereocenters. The highest BCUT2D eigenvalue weighted by atomic mass is 32.2. The summed E-state index contributed by atoms with van der Waals surface area (Å²) in [6.45, 7) is 1.98. The summed E-state index contributed by atoms with van der Waals surface area (Å²) in [5.41, 5.74) is 0.897. The molecular formula is C15H16N2O2S. The molecule has 0 aliphatic carbocycles. The van der Waals surface area contributed by atoms with E-state index in [1.165, 1.54) is 31.0 Å². The molecule has 5 heteroatoms. The van der Waals surface area contributed by atoms with Crippen molar-refractivity contribution in [2.45, 2.75) is 19.3 Å². The van der Waals surface area contributed by atoms with E-state index in [1.807, 2.05) is 6.08 Å². The summed E-state index contributed by atoms with van der Waals surface area (Å²) in [5, 5.41) is 10.1. The van der Waals surface area contributed by atoms with Crippen LogP contribution < -0.4 is 0 Å². The zero-order valence-corrected chi connectivity index (χ0v) is 11.9. The van der Waals surface area contributed by atoms with E-state index in [4.69, 9.17) is 0 Å². The molecule has 1 aromatic carbocycles. The van der Waals surface area contributed by atoms with Gasteiger partial charge in [0.25, 0.3) is 5.91 Å². The fourth-order valence-corrected chi connectivity index (χ4v) is 3.31. The van der Waals surface area contributed by atoms with E-state index >= 15 is 0 Å². The highest BCUT2D eigenvalue weighted by Crippen LogP contribution is 2.31. The van der Waals surface area contributed by atoms with E-state index in [1.54, 1.807) is 24.3 Å². The molecule has 0 spiro atoms. The third-order valence-corrected chi connectivity index (χ3v) is 4.47. The second-order valence-electron chi connectivity index (χ2n) is 4.95. The SMILES string of the molecule is O=C1N=C(N2CCCCC2)SC1=Cc1ccc(O)cc1. The Morgan fingerprint density at radius 3 is 2.55 bits per heavy atom. The maximum absolute atomic E-state index is 11.9. The first-order valence-corrected chi connectivity index (χ1v) is 7.60. The van der Waals surface area contributed by atoms with Crippen LogP contribution >= 0.6 is 11.8 Å². The number of aliphatic imine (C=N–C) groups is 1. The average Bonchev–Trinajstić information content (AvgIpc) is 2.84. The van der Waals surface area contributed by atoms with Gasteiger partial charge >= 0.3 is 0 Å². The molecule has 104 valence electrons. The lowest BCUT2D eigenvalue weighted by Crippen LogP contribution is -2.33. The molecule has 2 aliphatic heterocycles. The van der Waals surface area contributed by atoms with Gasteiger partial charge in [-0.25, -0.2) is 0 Å². The van der Waals surface area contributed by atoms with Gasteiger partial charge in [0, 0.05) is 13.1 Å². The highest BCUT2D eigenvalue weighted by Gasteiger charge is 2.26. The van der Waals surface area contributed by atoms with Crippen molar-refractivity contribution in [3.05, 3.63) is 34.7 Å². The van der Waals surface area contributed by atoms with Crippen molar-refractivity contribution in [2.24, 2.45) is 4.99 Å². The first-order chi connectivity index (χ1) is 9.72. The Bertz CT molecular complexity index is 572. The molecule has 2 heterocycles. The molecule has 3 rings (SSSR count). The van der Waals surface area contributed by atoms with Gasteiger partial charge in [-0.15, -0.1) is 0 Å². The lowest BCUT2D eigenvalue weighted by atomic mass is 10.1. The Hall–Kier alpha value is -1.75. The predicted octanol–water partition coefficient (Wildman–Crippen LogP) is 2.85. The summed E-state index contributed by atoms with van der Waals surface area (Å²) in [6, 6.07) is 6.80. The third kappa shape index (κ3) is 2.88. The van der Waals surface area contributed by atoms with E-state index < -0.39 is 0 Å². The van der Waals surface area contributed by atoms with E-state index in [9.17, 15) is 9.90 Å². The number of likely N-dealkylation sites (tertiary alicyclic amines) is 1. The van der Waals surface area contributed by atoms with Crippen molar-refractivity contribution in [1.82, 2.24) is 4.90 Å². The molecule has 0 aromatic heterocycles. The number of nitrogens with zero attached hydrogens (tertiary/aromatic N) is 2. The molecular weight excluding hydrogens is 272 g/mol. The standard InChI is InChI=1S/C15H16N2O2S/c18-12-6-4-11(5-7-12)10-13-14(19)16-15(20-13)17-8-2-1-3-9-17/h4-7,10,18H,1-3,8-9H2. The Balaban J connectivity index is 1.74. The molecule has 0 saturated carbocycles. The molecule has 2 aliphatic rings. The number of phenols is 1. The normalized spacial score (nSPS) is 21.4. The molecule has 0 bridgehead atoms. The van der Waals surface area contributed by atoms with Crippen molar-refractivity contribution in [1.29, 1.82) is 0 Å². The monoisotopic (exact) mass is 288 g/mol. The molecule has 0 unspecified atom stereocenters. The average molecular weight is 288 g/mol. The zero-order chi connectivity index (χ0) is 13.9. The number of piperidine rings is 1. The molecule has 0 radical (unpaired) electrons.